The molecule has 0 spiro atoms. The Morgan fingerprint density at radius 2 is 1.92 bits per heavy atom. The molecule has 8 heteroatoms. The molecule has 0 aliphatic carbocycles. The van der Waals surface area contributed by atoms with E-state index in [1.54, 1.807) is 6.07 Å². The van der Waals surface area contributed by atoms with Crippen molar-refractivity contribution in [2.75, 3.05) is 6.61 Å². The van der Waals surface area contributed by atoms with E-state index in [2.05, 4.69) is 5.43 Å². The van der Waals surface area contributed by atoms with Gasteiger partial charge in [0.05, 0.1) is 4.90 Å². The van der Waals surface area contributed by atoms with Crippen molar-refractivity contribution >= 4 is 27.5 Å². The van der Waals surface area contributed by atoms with Gasteiger partial charge < -0.3 is 4.74 Å². The molecule has 0 atom stereocenters. The van der Waals surface area contributed by atoms with Crippen LogP contribution in [0.15, 0.2) is 47.4 Å². The van der Waals surface area contributed by atoms with Gasteiger partial charge in [0.15, 0.2) is 6.61 Å². The largest absolute Gasteiger partial charge is 0.483 e. The maximum Gasteiger partial charge on any atom is 0.272 e. The number of amides is 1. The van der Waals surface area contributed by atoms with Crippen LogP contribution in [0.2, 0.25) is 5.02 Å². The van der Waals surface area contributed by atoms with E-state index in [-0.39, 0.29) is 22.4 Å². The zero-order valence-electron chi connectivity index (χ0n) is 14.7. The van der Waals surface area contributed by atoms with Crippen molar-refractivity contribution in [2.24, 2.45) is 0 Å². The van der Waals surface area contributed by atoms with Crippen LogP contribution in [0.4, 0.5) is 0 Å². The second-order valence-electron chi connectivity index (χ2n) is 6.10. The van der Waals surface area contributed by atoms with E-state index in [9.17, 15) is 13.2 Å². The van der Waals surface area contributed by atoms with Gasteiger partial charge in [-0.25, -0.2) is 8.42 Å². The Labute approximate surface area is 158 Å². The highest BCUT2D eigenvalue weighted by molar-refractivity contribution is 7.89. The Hall–Kier alpha value is -2.09. The number of halogens is 1. The highest BCUT2D eigenvalue weighted by Crippen LogP contribution is 2.27. The Morgan fingerprint density at radius 3 is 2.58 bits per heavy atom. The smallest absolute Gasteiger partial charge is 0.272 e. The maximum atomic E-state index is 12.1. The number of carbonyl (C=O) groups is 1. The summed E-state index contributed by atoms with van der Waals surface area (Å²) in [6, 6.07) is 11.5. The summed E-state index contributed by atoms with van der Waals surface area (Å²) < 4.78 is 29.8. The molecule has 2 aromatic rings. The van der Waals surface area contributed by atoms with Crippen LogP contribution in [0.3, 0.4) is 0 Å². The monoisotopic (exact) mass is 396 g/mol. The van der Waals surface area contributed by atoms with Gasteiger partial charge in [-0.1, -0.05) is 43.6 Å². The lowest BCUT2D eigenvalue weighted by Gasteiger charge is -2.15. The lowest BCUT2D eigenvalue weighted by molar-refractivity contribution is -0.123. The summed E-state index contributed by atoms with van der Waals surface area (Å²) in [5, 5.41) is 0.281. The predicted octanol–water partition coefficient (Wildman–Crippen LogP) is 3.16. The fraction of sp³-hybridized carbons (Fsp3) is 0.278. The number of hydrogen-bond donors (Lipinski definition) is 2. The minimum Gasteiger partial charge on any atom is -0.483 e. The zero-order chi connectivity index (χ0) is 19.3. The van der Waals surface area contributed by atoms with E-state index in [0.717, 1.165) is 11.1 Å². The highest BCUT2D eigenvalue weighted by atomic mass is 35.5. The SMILES string of the molecule is Cc1ccc(C(C)C)c(OCC(=O)NNS(=O)(=O)c2cccc(Cl)c2)c1. The van der Waals surface area contributed by atoms with E-state index < -0.39 is 15.9 Å². The van der Waals surface area contributed by atoms with Crippen LogP contribution >= 0.6 is 11.6 Å². The fourth-order valence-corrected chi connectivity index (χ4v) is 3.40. The molecule has 0 aliphatic rings. The minimum atomic E-state index is -3.91. The number of ether oxygens (including phenoxy) is 1. The van der Waals surface area contributed by atoms with Crippen molar-refractivity contribution in [3.05, 3.63) is 58.6 Å². The molecule has 0 saturated heterocycles. The molecule has 1 amide bonds. The summed E-state index contributed by atoms with van der Waals surface area (Å²) in [5.74, 6) is 0.217. The number of rotatable bonds is 7. The normalized spacial score (nSPS) is 11.4. The van der Waals surface area contributed by atoms with Crippen molar-refractivity contribution in [1.29, 1.82) is 0 Å². The summed E-state index contributed by atoms with van der Waals surface area (Å²) in [6.07, 6.45) is 0. The van der Waals surface area contributed by atoms with Gasteiger partial charge >= 0.3 is 0 Å². The van der Waals surface area contributed by atoms with Crippen LogP contribution in [0.1, 0.15) is 30.9 Å². The Bertz CT molecular complexity index is 898. The molecule has 0 aliphatic heterocycles. The quantitative estimate of drug-likeness (QED) is 0.704. The average Bonchev–Trinajstić information content (AvgIpc) is 2.58. The van der Waals surface area contributed by atoms with Crippen LogP contribution in [-0.4, -0.2) is 20.9 Å². The molecule has 0 aromatic heterocycles. The van der Waals surface area contributed by atoms with E-state index >= 15 is 0 Å². The van der Waals surface area contributed by atoms with Gasteiger partial charge in [0, 0.05) is 5.02 Å². The summed E-state index contributed by atoms with van der Waals surface area (Å²) >= 11 is 5.78. The summed E-state index contributed by atoms with van der Waals surface area (Å²) in [6.45, 7) is 5.66. The number of carbonyl (C=O) groups excluding carboxylic acids is 1. The minimum absolute atomic E-state index is 0.0491. The lowest BCUT2D eigenvalue weighted by atomic mass is 10.0. The number of sulfonamides is 1. The van der Waals surface area contributed by atoms with E-state index in [1.807, 2.05) is 43.8 Å². The molecule has 2 N–H and O–H groups in total. The molecule has 2 aromatic carbocycles. The zero-order valence-corrected chi connectivity index (χ0v) is 16.3. The summed E-state index contributed by atoms with van der Waals surface area (Å²) in [5.41, 5.74) is 4.11. The Balaban J connectivity index is 1.97. The van der Waals surface area contributed by atoms with Gasteiger partial charge in [0.2, 0.25) is 0 Å². The molecule has 0 bridgehead atoms. The second-order valence-corrected chi connectivity index (χ2v) is 8.21. The number of hydrazine groups is 1. The molecule has 0 unspecified atom stereocenters. The third kappa shape index (κ3) is 5.45. The molecule has 0 heterocycles. The lowest BCUT2D eigenvalue weighted by Crippen LogP contribution is -2.43. The second kappa shape index (κ2) is 8.53. The van der Waals surface area contributed by atoms with Crippen molar-refractivity contribution in [3.8, 4) is 5.75 Å². The average molecular weight is 397 g/mol. The van der Waals surface area contributed by atoms with Gasteiger partial charge in [-0.05, 0) is 48.2 Å². The molecule has 2 rings (SSSR count). The van der Waals surface area contributed by atoms with E-state index in [0.29, 0.717) is 5.75 Å². The number of benzene rings is 2. The summed E-state index contributed by atoms with van der Waals surface area (Å²) in [7, 11) is -3.91. The fourth-order valence-electron chi connectivity index (χ4n) is 2.24. The van der Waals surface area contributed by atoms with Gasteiger partial charge in [-0.15, -0.1) is 4.83 Å². The van der Waals surface area contributed by atoms with E-state index in [1.165, 1.54) is 18.2 Å². The van der Waals surface area contributed by atoms with Gasteiger partial charge in [0.25, 0.3) is 15.9 Å². The van der Waals surface area contributed by atoms with Gasteiger partial charge in [-0.2, -0.15) is 0 Å². The number of nitrogens with one attached hydrogen (secondary N) is 2. The van der Waals surface area contributed by atoms with Crippen LogP contribution in [0.5, 0.6) is 5.75 Å². The first kappa shape index (κ1) is 20.2. The topological polar surface area (TPSA) is 84.5 Å². The van der Waals surface area contributed by atoms with Crippen LogP contribution < -0.4 is 15.0 Å². The molecule has 6 nitrogen and oxygen atoms in total. The molecule has 26 heavy (non-hydrogen) atoms. The first-order chi connectivity index (χ1) is 12.2. The van der Waals surface area contributed by atoms with Gasteiger partial charge in [0.1, 0.15) is 5.75 Å². The summed E-state index contributed by atoms with van der Waals surface area (Å²) in [4.78, 5) is 13.9. The van der Waals surface area contributed by atoms with E-state index in [4.69, 9.17) is 16.3 Å². The molecule has 140 valence electrons. The van der Waals surface area contributed by atoms with Crippen LogP contribution in [0, 0.1) is 6.92 Å². The molecular weight excluding hydrogens is 376 g/mol. The molecule has 0 fully saturated rings. The highest BCUT2D eigenvalue weighted by Gasteiger charge is 2.16. The number of hydrogen-bond acceptors (Lipinski definition) is 4. The van der Waals surface area contributed by atoms with Crippen LogP contribution in [0.25, 0.3) is 0 Å². The van der Waals surface area contributed by atoms with Crippen molar-refractivity contribution < 1.29 is 17.9 Å². The molecule has 0 saturated carbocycles. The predicted molar refractivity (Wildman–Crippen MR) is 101 cm³/mol. The van der Waals surface area contributed by atoms with Crippen LogP contribution in [-0.2, 0) is 14.8 Å². The standard InChI is InChI=1S/C18H21ClN2O4S/c1-12(2)16-8-7-13(3)9-17(16)25-11-18(22)20-21-26(23,24)15-6-4-5-14(19)10-15/h4-10,12,21H,11H2,1-3H3,(H,20,22). The van der Waals surface area contributed by atoms with Crippen molar-refractivity contribution in [2.45, 2.75) is 31.6 Å². The Kier molecular flexibility index (Phi) is 6.63. The Morgan fingerprint density at radius 1 is 1.19 bits per heavy atom. The third-order valence-electron chi connectivity index (χ3n) is 3.58. The van der Waals surface area contributed by atoms with Crippen molar-refractivity contribution in [3.63, 3.8) is 0 Å². The molecule has 0 radical (unpaired) electrons. The third-order valence-corrected chi connectivity index (χ3v) is 5.06. The maximum absolute atomic E-state index is 12.1. The first-order valence-corrected chi connectivity index (χ1v) is 9.84. The first-order valence-electron chi connectivity index (χ1n) is 7.98. The molecular formula is C18H21ClN2O4S. The number of aryl methyl sites for hydroxylation is 1. The van der Waals surface area contributed by atoms with Crippen molar-refractivity contribution in [1.82, 2.24) is 10.3 Å². The van der Waals surface area contributed by atoms with Gasteiger partial charge in [-0.3, -0.25) is 10.2 Å².